The molecular formula is C15H16N4O3S. The minimum absolute atomic E-state index is 0.0230. The number of carbonyl (C=O) groups excluding carboxylic acids is 2. The van der Waals surface area contributed by atoms with Gasteiger partial charge in [-0.15, -0.1) is 11.3 Å². The van der Waals surface area contributed by atoms with E-state index in [0.29, 0.717) is 22.1 Å². The monoisotopic (exact) mass is 332 g/mol. The van der Waals surface area contributed by atoms with Crippen LogP contribution in [0.15, 0.2) is 34.7 Å². The molecule has 1 aromatic carbocycles. The number of nitrogens with zero attached hydrogens (tertiary/aromatic N) is 2. The number of rotatable bonds is 6. The number of anilines is 2. The average molecular weight is 332 g/mol. The highest BCUT2D eigenvalue weighted by Crippen LogP contribution is 2.14. The van der Waals surface area contributed by atoms with E-state index in [-0.39, 0.29) is 18.1 Å². The molecule has 0 saturated heterocycles. The molecule has 0 bridgehead atoms. The van der Waals surface area contributed by atoms with Gasteiger partial charge in [-0.05, 0) is 38.1 Å². The highest BCUT2D eigenvalue weighted by Gasteiger charge is 2.18. The summed E-state index contributed by atoms with van der Waals surface area (Å²) in [4.78, 5) is 27.3. The van der Waals surface area contributed by atoms with E-state index >= 15 is 0 Å². The van der Waals surface area contributed by atoms with E-state index in [9.17, 15) is 9.59 Å². The predicted octanol–water partition coefficient (Wildman–Crippen LogP) is 2.31. The third kappa shape index (κ3) is 4.36. The van der Waals surface area contributed by atoms with Gasteiger partial charge in [0.2, 0.25) is 0 Å². The normalized spacial score (nSPS) is 11.1. The number of nitrogen functional groups attached to an aromatic ring is 1. The minimum atomic E-state index is -0.592. The zero-order valence-electron chi connectivity index (χ0n) is 12.7. The Morgan fingerprint density at radius 2 is 2.04 bits per heavy atom. The van der Waals surface area contributed by atoms with E-state index in [1.165, 1.54) is 18.3 Å². The van der Waals surface area contributed by atoms with Gasteiger partial charge >= 0.3 is 5.97 Å². The Kier molecular flexibility index (Phi) is 5.42. The molecule has 0 unspecified atom stereocenters. The Morgan fingerprint density at radius 3 is 2.57 bits per heavy atom. The van der Waals surface area contributed by atoms with Crippen molar-refractivity contribution in [3.05, 3.63) is 40.9 Å². The lowest BCUT2D eigenvalue weighted by Gasteiger charge is -2.05. The van der Waals surface area contributed by atoms with Crippen LogP contribution >= 0.6 is 11.3 Å². The average Bonchev–Trinajstić information content (AvgIpc) is 2.94. The van der Waals surface area contributed by atoms with Crippen molar-refractivity contribution in [3.8, 4) is 0 Å². The summed E-state index contributed by atoms with van der Waals surface area (Å²) in [6, 6.07) is 6.73. The molecule has 3 N–H and O–H groups in total. The molecule has 2 rings (SSSR count). The van der Waals surface area contributed by atoms with Gasteiger partial charge in [-0.1, -0.05) is 0 Å². The van der Waals surface area contributed by atoms with E-state index in [2.05, 4.69) is 15.5 Å². The summed E-state index contributed by atoms with van der Waals surface area (Å²) in [5, 5.41) is 6.03. The van der Waals surface area contributed by atoms with Crippen LogP contribution in [0.4, 0.5) is 10.8 Å². The second-order valence-corrected chi connectivity index (χ2v) is 5.39. The number of hydrazone groups is 1. The van der Waals surface area contributed by atoms with E-state index in [0.717, 1.165) is 0 Å². The molecule has 0 fully saturated rings. The number of ether oxygens (including phenoxy) is 1. The Balaban J connectivity index is 2.22. The van der Waals surface area contributed by atoms with Gasteiger partial charge in [0.15, 0.2) is 16.6 Å². The van der Waals surface area contributed by atoms with Gasteiger partial charge < -0.3 is 10.5 Å². The quantitative estimate of drug-likeness (QED) is 0.364. The first-order chi connectivity index (χ1) is 11.0. The van der Waals surface area contributed by atoms with Gasteiger partial charge in [-0.25, -0.2) is 9.78 Å². The van der Waals surface area contributed by atoms with Gasteiger partial charge in [-0.3, -0.25) is 10.2 Å². The first kappa shape index (κ1) is 16.6. The van der Waals surface area contributed by atoms with Crippen molar-refractivity contribution in [1.82, 2.24) is 4.98 Å². The molecule has 0 aliphatic rings. The number of aromatic nitrogens is 1. The molecule has 0 aliphatic heterocycles. The van der Waals surface area contributed by atoms with Crippen molar-refractivity contribution in [2.45, 2.75) is 13.8 Å². The standard InChI is InChI=1S/C15H16N4O3S/c1-3-22-14(21)13(12-8-23-15(16)17-12)19-18-11-6-4-10(5-7-11)9(2)20/h4-8,18H,3H2,1-2H3,(H2,16,17). The van der Waals surface area contributed by atoms with Crippen molar-refractivity contribution in [2.75, 3.05) is 17.8 Å². The van der Waals surface area contributed by atoms with Crippen LogP contribution in [-0.4, -0.2) is 29.1 Å². The smallest absolute Gasteiger partial charge is 0.361 e. The molecule has 23 heavy (non-hydrogen) atoms. The topological polar surface area (TPSA) is 107 Å². The number of thiazole rings is 1. The summed E-state index contributed by atoms with van der Waals surface area (Å²) in [6.45, 7) is 3.43. The molecule has 0 aliphatic carbocycles. The van der Waals surface area contributed by atoms with Crippen molar-refractivity contribution in [1.29, 1.82) is 0 Å². The lowest BCUT2D eigenvalue weighted by molar-refractivity contribution is -0.134. The van der Waals surface area contributed by atoms with Crippen LogP contribution in [0.5, 0.6) is 0 Å². The van der Waals surface area contributed by atoms with E-state index in [4.69, 9.17) is 10.5 Å². The first-order valence-electron chi connectivity index (χ1n) is 6.84. The molecule has 0 atom stereocenters. The highest BCUT2D eigenvalue weighted by molar-refractivity contribution is 7.13. The third-order valence-corrected chi connectivity index (χ3v) is 3.50. The molecule has 2 aromatic rings. The van der Waals surface area contributed by atoms with Gasteiger partial charge in [0, 0.05) is 10.9 Å². The Hall–Kier alpha value is -2.74. The summed E-state index contributed by atoms with van der Waals surface area (Å²) >= 11 is 1.21. The third-order valence-electron chi connectivity index (χ3n) is 2.82. The van der Waals surface area contributed by atoms with Crippen molar-refractivity contribution in [2.24, 2.45) is 5.10 Å². The summed E-state index contributed by atoms with van der Waals surface area (Å²) < 4.78 is 4.98. The van der Waals surface area contributed by atoms with Crippen molar-refractivity contribution >= 4 is 39.6 Å². The van der Waals surface area contributed by atoms with Crippen LogP contribution < -0.4 is 11.2 Å². The summed E-state index contributed by atoms with van der Waals surface area (Å²) in [7, 11) is 0. The van der Waals surface area contributed by atoms with Crippen LogP contribution in [-0.2, 0) is 9.53 Å². The Morgan fingerprint density at radius 1 is 1.35 bits per heavy atom. The lowest BCUT2D eigenvalue weighted by Crippen LogP contribution is -2.20. The van der Waals surface area contributed by atoms with Gasteiger partial charge in [0.05, 0.1) is 12.3 Å². The number of nitrogens with two attached hydrogens (primary N) is 1. The number of Topliss-reactive ketones (excluding diaryl/α,β-unsaturated/α-hetero) is 1. The number of nitrogens with one attached hydrogen (secondary N) is 1. The maximum Gasteiger partial charge on any atom is 0.361 e. The minimum Gasteiger partial charge on any atom is -0.461 e. The molecule has 0 amide bonds. The molecule has 0 saturated carbocycles. The number of carbonyl (C=O) groups is 2. The summed E-state index contributed by atoms with van der Waals surface area (Å²) in [6.07, 6.45) is 0. The molecular weight excluding hydrogens is 316 g/mol. The molecule has 7 nitrogen and oxygen atoms in total. The van der Waals surface area contributed by atoms with Crippen molar-refractivity contribution in [3.63, 3.8) is 0 Å². The van der Waals surface area contributed by atoms with E-state index < -0.39 is 5.97 Å². The van der Waals surface area contributed by atoms with E-state index in [1.807, 2.05) is 0 Å². The zero-order valence-corrected chi connectivity index (χ0v) is 13.5. The fraction of sp³-hybridized carbons (Fsp3) is 0.200. The maximum absolute atomic E-state index is 12.0. The zero-order chi connectivity index (χ0) is 16.8. The Labute approximate surface area is 137 Å². The van der Waals surface area contributed by atoms with Gasteiger partial charge in [-0.2, -0.15) is 5.10 Å². The maximum atomic E-state index is 12.0. The largest absolute Gasteiger partial charge is 0.461 e. The second-order valence-electron chi connectivity index (χ2n) is 4.50. The molecule has 1 aromatic heterocycles. The number of hydrogen-bond donors (Lipinski definition) is 2. The van der Waals surface area contributed by atoms with E-state index in [1.54, 1.807) is 36.6 Å². The Bertz CT molecular complexity index is 737. The molecule has 8 heteroatoms. The summed E-state index contributed by atoms with van der Waals surface area (Å²) in [5.74, 6) is -0.615. The number of benzene rings is 1. The van der Waals surface area contributed by atoms with Gasteiger partial charge in [0.1, 0.15) is 5.69 Å². The molecule has 1 heterocycles. The van der Waals surface area contributed by atoms with Crippen LogP contribution in [0.2, 0.25) is 0 Å². The lowest BCUT2D eigenvalue weighted by atomic mass is 10.1. The molecule has 0 spiro atoms. The second kappa shape index (κ2) is 7.50. The van der Waals surface area contributed by atoms with Gasteiger partial charge in [0.25, 0.3) is 0 Å². The SMILES string of the molecule is CCOC(=O)C(=NNc1ccc(C(C)=O)cc1)c1csc(N)n1. The number of hydrogen-bond acceptors (Lipinski definition) is 8. The highest BCUT2D eigenvalue weighted by atomic mass is 32.1. The summed E-state index contributed by atoms with van der Waals surface area (Å²) in [5.41, 5.74) is 9.95. The van der Waals surface area contributed by atoms with Crippen LogP contribution in [0, 0.1) is 0 Å². The van der Waals surface area contributed by atoms with Crippen LogP contribution in [0.1, 0.15) is 29.9 Å². The number of ketones is 1. The van der Waals surface area contributed by atoms with Crippen molar-refractivity contribution < 1.29 is 14.3 Å². The van der Waals surface area contributed by atoms with Crippen LogP contribution in [0.3, 0.4) is 0 Å². The predicted molar refractivity (Wildman–Crippen MR) is 89.8 cm³/mol. The fourth-order valence-electron chi connectivity index (χ4n) is 1.70. The molecule has 120 valence electrons. The fourth-order valence-corrected chi connectivity index (χ4v) is 2.25. The van der Waals surface area contributed by atoms with Crippen LogP contribution in [0.25, 0.3) is 0 Å². The number of esters is 1. The first-order valence-corrected chi connectivity index (χ1v) is 7.72. The molecule has 0 radical (unpaired) electrons.